The Morgan fingerprint density at radius 3 is 2.29 bits per heavy atom. The Kier molecular flexibility index (Phi) is 4.38. The normalized spacial score (nSPS) is 12.1. The van der Waals surface area contributed by atoms with Gasteiger partial charge in [0.25, 0.3) is 8.32 Å². The predicted octanol–water partition coefficient (Wildman–Crippen LogP) is 2.69. The molecule has 0 N–H and O–H groups in total. The zero-order chi connectivity index (χ0) is 11.4. The molecule has 82 valence electrons. The number of hydrogen-bond acceptors (Lipinski definition) is 3. The van der Waals surface area contributed by atoms with Gasteiger partial charge < -0.3 is 9.16 Å². The van der Waals surface area contributed by atoms with Crippen molar-refractivity contribution in [1.82, 2.24) is 0 Å². The molecular formula is C10H20O3Si. The summed E-state index contributed by atoms with van der Waals surface area (Å²) in [7, 11) is -1.98. The van der Waals surface area contributed by atoms with Gasteiger partial charge in [0.15, 0.2) is 6.61 Å². The van der Waals surface area contributed by atoms with Crippen LogP contribution in [0.25, 0.3) is 0 Å². The number of hydrogen-bond donors (Lipinski definition) is 0. The van der Waals surface area contributed by atoms with E-state index in [9.17, 15) is 4.79 Å². The van der Waals surface area contributed by atoms with Crippen LogP contribution >= 0.6 is 0 Å². The molecule has 0 saturated carbocycles. The molecule has 0 rings (SSSR count). The van der Waals surface area contributed by atoms with Gasteiger partial charge >= 0.3 is 5.97 Å². The van der Waals surface area contributed by atoms with E-state index in [1.165, 1.54) is 6.26 Å². The van der Waals surface area contributed by atoms with Crippen molar-refractivity contribution in [3.05, 3.63) is 12.8 Å². The van der Waals surface area contributed by atoms with Gasteiger partial charge in [0, 0.05) is 0 Å². The Balaban J connectivity index is 4.22. The standard InChI is InChI=1S/C10H20O3Si/c1-7-12-8-9(11)13-14(5,6)10(2,3)4/h7H,1,8H2,2-6H3. The lowest BCUT2D eigenvalue weighted by molar-refractivity contribution is -0.138. The lowest BCUT2D eigenvalue weighted by Gasteiger charge is -2.35. The summed E-state index contributed by atoms with van der Waals surface area (Å²) in [5.74, 6) is -0.309. The van der Waals surface area contributed by atoms with Crippen molar-refractivity contribution in [2.45, 2.75) is 38.9 Å². The highest BCUT2D eigenvalue weighted by atomic mass is 28.4. The van der Waals surface area contributed by atoms with Crippen LogP contribution < -0.4 is 0 Å². The Morgan fingerprint density at radius 2 is 1.93 bits per heavy atom. The van der Waals surface area contributed by atoms with Crippen LogP contribution in [-0.2, 0) is 14.0 Å². The molecule has 0 aliphatic heterocycles. The molecular weight excluding hydrogens is 196 g/mol. The molecule has 0 aromatic heterocycles. The Morgan fingerprint density at radius 1 is 1.43 bits per heavy atom. The number of carbonyl (C=O) groups is 1. The van der Waals surface area contributed by atoms with E-state index in [1.54, 1.807) is 0 Å². The van der Waals surface area contributed by atoms with Gasteiger partial charge in [0.1, 0.15) is 0 Å². The van der Waals surface area contributed by atoms with E-state index in [0.29, 0.717) is 0 Å². The van der Waals surface area contributed by atoms with Gasteiger partial charge in [-0.15, -0.1) is 0 Å². The average Bonchev–Trinajstić information content (AvgIpc) is 1.97. The van der Waals surface area contributed by atoms with Crippen LogP contribution in [0.2, 0.25) is 18.1 Å². The topological polar surface area (TPSA) is 35.5 Å². The molecule has 4 heteroatoms. The van der Waals surface area contributed by atoms with Crippen LogP contribution in [0.15, 0.2) is 12.8 Å². The minimum atomic E-state index is -1.98. The first-order valence-electron chi connectivity index (χ1n) is 4.65. The van der Waals surface area contributed by atoms with E-state index in [-0.39, 0.29) is 17.6 Å². The van der Waals surface area contributed by atoms with Gasteiger partial charge in [-0.05, 0) is 18.1 Å². The van der Waals surface area contributed by atoms with E-state index < -0.39 is 8.32 Å². The van der Waals surface area contributed by atoms with Crippen molar-refractivity contribution in [3.63, 3.8) is 0 Å². The average molecular weight is 216 g/mol. The molecule has 0 radical (unpaired) electrons. The van der Waals surface area contributed by atoms with Crippen molar-refractivity contribution in [1.29, 1.82) is 0 Å². The van der Waals surface area contributed by atoms with Crippen LogP contribution in [0.4, 0.5) is 0 Å². The van der Waals surface area contributed by atoms with Crippen molar-refractivity contribution < 1.29 is 14.0 Å². The van der Waals surface area contributed by atoms with Crippen molar-refractivity contribution in [2.75, 3.05) is 6.61 Å². The van der Waals surface area contributed by atoms with E-state index in [2.05, 4.69) is 27.4 Å². The van der Waals surface area contributed by atoms with Crippen LogP contribution in [0.3, 0.4) is 0 Å². The smallest absolute Gasteiger partial charge is 0.330 e. The second-order valence-corrected chi connectivity index (χ2v) is 9.44. The molecule has 0 aliphatic carbocycles. The minimum Gasteiger partial charge on any atom is -0.517 e. The quantitative estimate of drug-likeness (QED) is 0.535. The third kappa shape index (κ3) is 3.96. The third-order valence-corrected chi connectivity index (χ3v) is 6.84. The van der Waals surface area contributed by atoms with Crippen LogP contribution in [-0.4, -0.2) is 20.9 Å². The predicted molar refractivity (Wildman–Crippen MR) is 59.4 cm³/mol. The number of carbonyl (C=O) groups excluding carboxylic acids is 1. The zero-order valence-corrected chi connectivity index (χ0v) is 10.7. The van der Waals surface area contributed by atoms with Gasteiger partial charge in [0.05, 0.1) is 6.26 Å². The van der Waals surface area contributed by atoms with Crippen LogP contribution in [0.5, 0.6) is 0 Å². The first-order chi connectivity index (χ1) is 6.20. The van der Waals surface area contributed by atoms with Crippen molar-refractivity contribution in [2.24, 2.45) is 0 Å². The lowest BCUT2D eigenvalue weighted by Crippen LogP contribution is -2.43. The number of ether oxygens (including phenoxy) is 1. The Hall–Kier alpha value is -0.773. The van der Waals surface area contributed by atoms with Crippen molar-refractivity contribution >= 4 is 14.3 Å². The fourth-order valence-corrected chi connectivity index (χ4v) is 1.53. The molecule has 0 aromatic rings. The Labute approximate surface area is 87.2 Å². The molecule has 0 saturated heterocycles. The lowest BCUT2D eigenvalue weighted by atomic mass is 10.2. The minimum absolute atomic E-state index is 0.0385. The van der Waals surface area contributed by atoms with E-state index in [4.69, 9.17) is 9.16 Å². The molecule has 0 unspecified atom stereocenters. The summed E-state index contributed by atoms with van der Waals surface area (Å²) < 4.78 is 10.2. The molecule has 14 heavy (non-hydrogen) atoms. The third-order valence-electron chi connectivity index (χ3n) is 2.49. The maximum absolute atomic E-state index is 11.3. The SMILES string of the molecule is C=COCC(=O)O[Si](C)(C)C(C)(C)C. The zero-order valence-electron chi connectivity index (χ0n) is 9.72. The Bertz CT molecular complexity index is 216. The summed E-state index contributed by atoms with van der Waals surface area (Å²) in [4.78, 5) is 11.3. The second kappa shape index (κ2) is 4.64. The fourth-order valence-electron chi connectivity index (χ4n) is 0.594. The highest BCUT2D eigenvalue weighted by molar-refractivity contribution is 6.75. The van der Waals surface area contributed by atoms with Crippen molar-refractivity contribution in [3.8, 4) is 0 Å². The largest absolute Gasteiger partial charge is 0.517 e. The first kappa shape index (κ1) is 13.2. The summed E-state index contributed by atoms with van der Waals surface area (Å²) >= 11 is 0. The summed E-state index contributed by atoms with van der Waals surface area (Å²) in [5, 5.41) is 0.0385. The van der Waals surface area contributed by atoms with Gasteiger partial charge in [-0.25, -0.2) is 4.79 Å². The molecule has 0 atom stereocenters. The van der Waals surface area contributed by atoms with Gasteiger partial charge in [-0.2, -0.15) is 0 Å². The highest BCUT2D eigenvalue weighted by Crippen LogP contribution is 2.36. The maximum atomic E-state index is 11.3. The van der Waals surface area contributed by atoms with E-state index >= 15 is 0 Å². The molecule has 0 spiro atoms. The molecule has 0 amide bonds. The summed E-state index contributed by atoms with van der Waals surface area (Å²) in [6.07, 6.45) is 1.24. The first-order valence-corrected chi connectivity index (χ1v) is 7.56. The highest BCUT2D eigenvalue weighted by Gasteiger charge is 2.40. The second-order valence-electron chi connectivity index (χ2n) is 4.71. The summed E-state index contributed by atoms with van der Waals surface area (Å²) in [6, 6.07) is 0. The van der Waals surface area contributed by atoms with E-state index in [1.807, 2.05) is 13.1 Å². The van der Waals surface area contributed by atoms with Crippen LogP contribution in [0, 0.1) is 0 Å². The molecule has 0 aromatic carbocycles. The van der Waals surface area contributed by atoms with Gasteiger partial charge in [0.2, 0.25) is 0 Å². The van der Waals surface area contributed by atoms with Gasteiger partial charge in [-0.1, -0.05) is 27.4 Å². The maximum Gasteiger partial charge on any atom is 0.330 e. The molecule has 0 bridgehead atoms. The monoisotopic (exact) mass is 216 g/mol. The van der Waals surface area contributed by atoms with Gasteiger partial charge in [-0.3, -0.25) is 0 Å². The van der Waals surface area contributed by atoms with Crippen LogP contribution in [0.1, 0.15) is 20.8 Å². The molecule has 0 fully saturated rings. The fraction of sp³-hybridized carbons (Fsp3) is 0.700. The summed E-state index contributed by atoms with van der Waals surface area (Å²) in [6.45, 7) is 13.6. The van der Waals surface area contributed by atoms with E-state index in [0.717, 1.165) is 0 Å². The molecule has 0 aliphatic rings. The number of rotatable bonds is 4. The molecule has 3 nitrogen and oxygen atoms in total. The summed E-state index contributed by atoms with van der Waals surface area (Å²) in [5.41, 5.74) is 0. The molecule has 0 heterocycles.